The Kier molecular flexibility index (Phi) is 15.1. The SMILES string of the molecule is CCCCCCCCCCCCC/C=C\Cl. The van der Waals surface area contributed by atoms with Gasteiger partial charge in [-0.3, -0.25) is 0 Å². The van der Waals surface area contributed by atoms with Gasteiger partial charge in [0.05, 0.1) is 0 Å². The summed E-state index contributed by atoms with van der Waals surface area (Å²) >= 11 is 5.45. The fraction of sp³-hybridized carbons (Fsp3) is 0.867. The lowest BCUT2D eigenvalue weighted by Crippen LogP contribution is -1.81. The lowest BCUT2D eigenvalue weighted by atomic mass is 10.1. The fourth-order valence-corrected chi connectivity index (χ4v) is 2.12. The van der Waals surface area contributed by atoms with Gasteiger partial charge in [0.15, 0.2) is 0 Å². The van der Waals surface area contributed by atoms with E-state index in [1.807, 2.05) is 0 Å². The highest BCUT2D eigenvalue weighted by Crippen LogP contribution is 2.11. The van der Waals surface area contributed by atoms with E-state index in [1.165, 1.54) is 70.6 Å². The van der Waals surface area contributed by atoms with Crippen LogP contribution in [0.1, 0.15) is 84.0 Å². The maximum atomic E-state index is 5.45. The van der Waals surface area contributed by atoms with E-state index in [0.29, 0.717) is 0 Å². The van der Waals surface area contributed by atoms with Crippen molar-refractivity contribution in [3.63, 3.8) is 0 Å². The molecule has 16 heavy (non-hydrogen) atoms. The fourth-order valence-electron chi connectivity index (χ4n) is 1.99. The largest absolute Gasteiger partial charge is 0.0933 e. The molecule has 0 bridgehead atoms. The molecular formula is C15H29Cl. The molecule has 0 saturated carbocycles. The standard InChI is InChI=1S/C15H29Cl/c1-2-3-4-5-6-7-8-9-10-11-12-13-14-15-16/h14-15H,2-13H2,1H3/b15-14-. The summed E-state index contributed by atoms with van der Waals surface area (Å²) in [6.07, 6.45) is 18.7. The van der Waals surface area contributed by atoms with Gasteiger partial charge in [-0.05, 0) is 12.8 Å². The van der Waals surface area contributed by atoms with Crippen LogP contribution in [0.25, 0.3) is 0 Å². The van der Waals surface area contributed by atoms with Crippen molar-refractivity contribution in [1.82, 2.24) is 0 Å². The van der Waals surface area contributed by atoms with Gasteiger partial charge in [-0.2, -0.15) is 0 Å². The van der Waals surface area contributed by atoms with E-state index in [2.05, 4.69) is 13.0 Å². The van der Waals surface area contributed by atoms with Crippen molar-refractivity contribution in [2.45, 2.75) is 84.0 Å². The quantitative estimate of drug-likeness (QED) is 0.347. The number of halogens is 1. The Morgan fingerprint density at radius 2 is 1.12 bits per heavy atom. The molecule has 0 aromatic rings. The molecular weight excluding hydrogens is 216 g/mol. The normalized spacial score (nSPS) is 11.4. The minimum atomic E-state index is 1.15. The second-order valence-electron chi connectivity index (χ2n) is 4.69. The van der Waals surface area contributed by atoms with Crippen molar-refractivity contribution in [2.75, 3.05) is 0 Å². The summed E-state index contributed by atoms with van der Waals surface area (Å²) in [5.74, 6) is 0. The van der Waals surface area contributed by atoms with Crippen molar-refractivity contribution in [1.29, 1.82) is 0 Å². The predicted octanol–water partition coefficient (Wildman–Crippen LogP) is 6.44. The minimum absolute atomic E-state index is 1.15. The molecule has 0 atom stereocenters. The molecule has 0 fully saturated rings. The van der Waals surface area contributed by atoms with Crippen LogP contribution >= 0.6 is 11.6 Å². The van der Waals surface area contributed by atoms with Crippen LogP contribution in [-0.2, 0) is 0 Å². The third-order valence-corrected chi connectivity index (χ3v) is 3.24. The summed E-state index contributed by atoms with van der Waals surface area (Å²) in [6, 6.07) is 0. The van der Waals surface area contributed by atoms with Crippen LogP contribution in [0.3, 0.4) is 0 Å². The maximum Gasteiger partial charge on any atom is 0.000245 e. The molecule has 1 heteroatoms. The van der Waals surface area contributed by atoms with Gasteiger partial charge in [0.25, 0.3) is 0 Å². The molecule has 0 radical (unpaired) electrons. The molecule has 0 heterocycles. The van der Waals surface area contributed by atoms with E-state index in [-0.39, 0.29) is 0 Å². The minimum Gasteiger partial charge on any atom is -0.0933 e. The van der Waals surface area contributed by atoms with Crippen molar-refractivity contribution in [3.05, 3.63) is 11.6 Å². The van der Waals surface area contributed by atoms with Crippen molar-refractivity contribution >= 4 is 11.6 Å². The van der Waals surface area contributed by atoms with Gasteiger partial charge in [-0.15, -0.1) is 0 Å². The number of hydrogen-bond donors (Lipinski definition) is 0. The highest BCUT2D eigenvalue weighted by Gasteiger charge is 1.92. The molecule has 0 N–H and O–H groups in total. The zero-order chi connectivity index (χ0) is 11.9. The molecule has 0 aliphatic carbocycles. The molecule has 0 nitrogen and oxygen atoms in total. The first-order chi connectivity index (χ1) is 7.91. The van der Waals surface area contributed by atoms with Crippen molar-refractivity contribution in [3.8, 4) is 0 Å². The Morgan fingerprint density at radius 1 is 0.688 bits per heavy atom. The monoisotopic (exact) mass is 244 g/mol. The zero-order valence-electron chi connectivity index (χ0n) is 11.0. The van der Waals surface area contributed by atoms with Gasteiger partial charge < -0.3 is 0 Å². The highest BCUT2D eigenvalue weighted by molar-refractivity contribution is 6.25. The van der Waals surface area contributed by atoms with Gasteiger partial charge in [-0.1, -0.05) is 88.8 Å². The Labute approximate surface area is 107 Å². The highest BCUT2D eigenvalue weighted by atomic mass is 35.5. The lowest BCUT2D eigenvalue weighted by molar-refractivity contribution is 0.550. The first kappa shape index (κ1) is 16.0. The van der Waals surface area contributed by atoms with Crippen LogP contribution in [0.4, 0.5) is 0 Å². The van der Waals surface area contributed by atoms with Gasteiger partial charge >= 0.3 is 0 Å². The van der Waals surface area contributed by atoms with Crippen molar-refractivity contribution < 1.29 is 0 Å². The summed E-state index contributed by atoms with van der Waals surface area (Å²) in [4.78, 5) is 0. The van der Waals surface area contributed by atoms with Crippen LogP contribution < -0.4 is 0 Å². The van der Waals surface area contributed by atoms with Gasteiger partial charge in [0.2, 0.25) is 0 Å². The second kappa shape index (κ2) is 15.0. The maximum absolute atomic E-state index is 5.45. The Morgan fingerprint density at radius 3 is 1.56 bits per heavy atom. The van der Waals surface area contributed by atoms with Gasteiger partial charge in [-0.25, -0.2) is 0 Å². The third kappa shape index (κ3) is 14.0. The molecule has 0 amide bonds. The Balaban J connectivity index is 2.88. The number of unbranched alkanes of at least 4 members (excludes halogenated alkanes) is 11. The van der Waals surface area contributed by atoms with E-state index in [4.69, 9.17) is 11.6 Å². The average Bonchev–Trinajstić information content (AvgIpc) is 2.31. The predicted molar refractivity (Wildman–Crippen MR) is 76.1 cm³/mol. The summed E-state index contributed by atoms with van der Waals surface area (Å²) in [5.41, 5.74) is 1.64. The smallest absolute Gasteiger partial charge is 0.000245 e. The molecule has 0 aliphatic rings. The summed E-state index contributed by atoms with van der Waals surface area (Å²) in [6.45, 7) is 2.28. The second-order valence-corrected chi connectivity index (χ2v) is 4.94. The summed E-state index contributed by atoms with van der Waals surface area (Å²) in [7, 11) is 0. The number of rotatable bonds is 12. The number of hydrogen-bond acceptors (Lipinski definition) is 0. The molecule has 0 aromatic heterocycles. The first-order valence-electron chi connectivity index (χ1n) is 7.17. The molecule has 0 rings (SSSR count). The van der Waals surface area contributed by atoms with Crippen LogP contribution in [0, 0.1) is 0 Å². The van der Waals surface area contributed by atoms with E-state index < -0.39 is 0 Å². The third-order valence-electron chi connectivity index (χ3n) is 3.06. The molecule has 0 aliphatic heterocycles. The van der Waals surface area contributed by atoms with E-state index in [0.717, 1.165) is 6.42 Å². The van der Waals surface area contributed by atoms with Crippen LogP contribution in [0.2, 0.25) is 0 Å². The molecule has 0 saturated heterocycles. The Bertz CT molecular complexity index is 140. The van der Waals surface area contributed by atoms with Gasteiger partial charge in [0, 0.05) is 5.54 Å². The summed E-state index contributed by atoms with van der Waals surface area (Å²) < 4.78 is 0. The molecule has 0 unspecified atom stereocenters. The van der Waals surface area contributed by atoms with Crippen LogP contribution in [-0.4, -0.2) is 0 Å². The van der Waals surface area contributed by atoms with E-state index in [1.54, 1.807) is 5.54 Å². The molecule has 96 valence electrons. The summed E-state index contributed by atoms with van der Waals surface area (Å²) in [5, 5.41) is 0. The lowest BCUT2D eigenvalue weighted by Gasteiger charge is -2.01. The molecule has 0 aromatic carbocycles. The van der Waals surface area contributed by atoms with Gasteiger partial charge in [0.1, 0.15) is 0 Å². The average molecular weight is 245 g/mol. The zero-order valence-corrected chi connectivity index (χ0v) is 11.8. The topological polar surface area (TPSA) is 0 Å². The van der Waals surface area contributed by atoms with Crippen molar-refractivity contribution in [2.24, 2.45) is 0 Å². The molecule has 0 spiro atoms. The van der Waals surface area contributed by atoms with Crippen LogP contribution in [0.15, 0.2) is 11.6 Å². The first-order valence-corrected chi connectivity index (χ1v) is 7.60. The number of allylic oxidation sites excluding steroid dienone is 1. The Hall–Kier alpha value is 0.0300. The van der Waals surface area contributed by atoms with E-state index in [9.17, 15) is 0 Å². The van der Waals surface area contributed by atoms with E-state index >= 15 is 0 Å². The van der Waals surface area contributed by atoms with Crippen LogP contribution in [0.5, 0.6) is 0 Å².